The fraction of sp³-hybridized carbons (Fsp3) is 0.316. The molecule has 2 aromatic rings. The lowest BCUT2D eigenvalue weighted by molar-refractivity contribution is -0.123. The molecule has 1 heterocycles. The van der Waals surface area contributed by atoms with Crippen molar-refractivity contribution in [3.63, 3.8) is 0 Å². The fourth-order valence-electron chi connectivity index (χ4n) is 2.46. The third kappa shape index (κ3) is 6.68. The molecule has 0 bridgehead atoms. The first kappa shape index (κ1) is 19.7. The predicted octanol–water partition coefficient (Wildman–Crippen LogP) is 1.86. The van der Waals surface area contributed by atoms with Gasteiger partial charge in [0.05, 0.1) is 4.88 Å². The van der Waals surface area contributed by atoms with E-state index in [4.69, 9.17) is 5.73 Å². The molecule has 0 spiro atoms. The number of amides is 3. The second kappa shape index (κ2) is 10.4. The summed E-state index contributed by atoms with van der Waals surface area (Å²) >= 11 is 1.33. The van der Waals surface area contributed by atoms with Crippen LogP contribution in [0.4, 0.5) is 0 Å². The number of benzene rings is 1. The molecule has 3 amide bonds. The summed E-state index contributed by atoms with van der Waals surface area (Å²) in [6.45, 7) is 0.437. The van der Waals surface area contributed by atoms with Gasteiger partial charge in [-0.05, 0) is 29.9 Å². The first-order chi connectivity index (χ1) is 12.6. The summed E-state index contributed by atoms with van der Waals surface area (Å²) in [4.78, 5) is 36.2. The molecular weight excluding hydrogens is 350 g/mol. The monoisotopic (exact) mass is 373 g/mol. The Kier molecular flexibility index (Phi) is 7.82. The molecule has 0 fully saturated rings. The molecular formula is C19H23N3O3S. The average molecular weight is 373 g/mol. The predicted molar refractivity (Wildman–Crippen MR) is 102 cm³/mol. The van der Waals surface area contributed by atoms with Gasteiger partial charge >= 0.3 is 0 Å². The van der Waals surface area contributed by atoms with Gasteiger partial charge in [-0.15, -0.1) is 11.3 Å². The van der Waals surface area contributed by atoms with Gasteiger partial charge in [0.1, 0.15) is 6.04 Å². The molecule has 0 saturated carbocycles. The topological polar surface area (TPSA) is 101 Å². The van der Waals surface area contributed by atoms with Crippen LogP contribution in [-0.2, 0) is 16.0 Å². The first-order valence-electron chi connectivity index (χ1n) is 8.50. The van der Waals surface area contributed by atoms with E-state index in [0.717, 1.165) is 5.56 Å². The van der Waals surface area contributed by atoms with Gasteiger partial charge in [-0.25, -0.2) is 0 Å². The Bertz CT molecular complexity index is 717. The molecule has 26 heavy (non-hydrogen) atoms. The van der Waals surface area contributed by atoms with Gasteiger partial charge in [-0.2, -0.15) is 0 Å². The molecule has 138 valence electrons. The lowest BCUT2D eigenvalue weighted by atomic mass is 10.0. The van der Waals surface area contributed by atoms with Gasteiger partial charge < -0.3 is 16.4 Å². The maximum atomic E-state index is 12.5. The molecule has 0 aliphatic carbocycles. The zero-order valence-electron chi connectivity index (χ0n) is 14.4. The number of primary amides is 1. The molecule has 2 rings (SSSR count). The minimum absolute atomic E-state index is 0.238. The van der Waals surface area contributed by atoms with Crippen LogP contribution in [0.3, 0.4) is 0 Å². The number of unbranched alkanes of at least 4 members (excludes halogenated alkanes) is 1. The minimum Gasteiger partial charge on any atom is -0.370 e. The lowest BCUT2D eigenvalue weighted by Crippen LogP contribution is -2.48. The van der Waals surface area contributed by atoms with Crippen molar-refractivity contribution < 1.29 is 14.4 Å². The van der Waals surface area contributed by atoms with E-state index in [1.165, 1.54) is 11.3 Å². The van der Waals surface area contributed by atoms with Crippen LogP contribution in [0.15, 0.2) is 47.8 Å². The number of nitrogens with two attached hydrogens (primary N) is 1. The fourth-order valence-corrected chi connectivity index (χ4v) is 3.08. The Labute approximate surface area is 156 Å². The van der Waals surface area contributed by atoms with Crippen LogP contribution in [0.5, 0.6) is 0 Å². The van der Waals surface area contributed by atoms with Crippen molar-refractivity contribution in [2.75, 3.05) is 6.54 Å². The van der Waals surface area contributed by atoms with Crippen LogP contribution in [0.25, 0.3) is 0 Å². The standard InChI is InChI=1S/C19H23N3O3S/c20-17(23)10-4-5-11-21-18(24)15(13-14-7-2-1-3-8-14)22-19(25)16-9-6-12-26-16/h1-3,6-9,12,15H,4-5,10-11,13H2,(H2,20,23)(H,21,24)(H,22,25)/t15-/m0/s1. The van der Waals surface area contributed by atoms with Crippen LogP contribution in [0.2, 0.25) is 0 Å². The highest BCUT2D eigenvalue weighted by molar-refractivity contribution is 7.12. The van der Waals surface area contributed by atoms with Crippen molar-refractivity contribution in [2.45, 2.75) is 31.7 Å². The highest BCUT2D eigenvalue weighted by atomic mass is 32.1. The quantitative estimate of drug-likeness (QED) is 0.554. The van der Waals surface area contributed by atoms with Crippen molar-refractivity contribution in [2.24, 2.45) is 5.73 Å². The highest BCUT2D eigenvalue weighted by Crippen LogP contribution is 2.10. The maximum absolute atomic E-state index is 12.5. The smallest absolute Gasteiger partial charge is 0.262 e. The molecule has 0 radical (unpaired) electrons. The number of nitrogens with one attached hydrogen (secondary N) is 2. The normalized spacial score (nSPS) is 11.5. The van der Waals surface area contributed by atoms with Crippen molar-refractivity contribution in [1.29, 1.82) is 0 Å². The van der Waals surface area contributed by atoms with Crippen LogP contribution in [-0.4, -0.2) is 30.3 Å². The van der Waals surface area contributed by atoms with Crippen molar-refractivity contribution in [3.05, 3.63) is 58.3 Å². The third-order valence-corrected chi connectivity index (χ3v) is 4.67. The van der Waals surface area contributed by atoms with Crippen molar-refractivity contribution in [1.82, 2.24) is 10.6 Å². The van der Waals surface area contributed by atoms with Crippen molar-refractivity contribution >= 4 is 29.1 Å². The Morgan fingerprint density at radius 2 is 1.81 bits per heavy atom. The summed E-state index contributed by atoms with van der Waals surface area (Å²) in [6.07, 6.45) is 2.00. The molecule has 0 aliphatic rings. The summed E-state index contributed by atoms with van der Waals surface area (Å²) in [5.41, 5.74) is 6.06. The molecule has 1 atom stereocenters. The number of hydrogen-bond donors (Lipinski definition) is 3. The van der Waals surface area contributed by atoms with Crippen LogP contribution in [0.1, 0.15) is 34.5 Å². The van der Waals surface area contributed by atoms with E-state index in [1.807, 2.05) is 35.7 Å². The van der Waals surface area contributed by atoms with Gasteiger partial charge in [-0.3, -0.25) is 14.4 Å². The zero-order valence-corrected chi connectivity index (χ0v) is 15.3. The van der Waals surface area contributed by atoms with Gasteiger partial charge in [0.25, 0.3) is 5.91 Å². The van der Waals surface area contributed by atoms with Crippen molar-refractivity contribution in [3.8, 4) is 0 Å². The summed E-state index contributed by atoms with van der Waals surface area (Å²) in [5, 5.41) is 7.46. The number of thiophene rings is 1. The molecule has 7 heteroatoms. The number of carbonyl (C=O) groups is 3. The Morgan fingerprint density at radius 1 is 1.04 bits per heavy atom. The van der Waals surface area contributed by atoms with Gasteiger partial charge in [0.2, 0.25) is 11.8 Å². The van der Waals surface area contributed by atoms with E-state index in [0.29, 0.717) is 37.1 Å². The van der Waals surface area contributed by atoms with E-state index < -0.39 is 6.04 Å². The second-order valence-electron chi connectivity index (χ2n) is 5.91. The number of hydrogen-bond acceptors (Lipinski definition) is 4. The Morgan fingerprint density at radius 3 is 2.46 bits per heavy atom. The molecule has 4 N–H and O–H groups in total. The lowest BCUT2D eigenvalue weighted by Gasteiger charge is -2.18. The Balaban J connectivity index is 1.94. The van der Waals surface area contributed by atoms with E-state index >= 15 is 0 Å². The second-order valence-corrected chi connectivity index (χ2v) is 6.86. The van der Waals surface area contributed by atoms with Crippen LogP contribution >= 0.6 is 11.3 Å². The van der Waals surface area contributed by atoms with Gasteiger partial charge in [0.15, 0.2) is 0 Å². The van der Waals surface area contributed by atoms with E-state index in [9.17, 15) is 14.4 Å². The van der Waals surface area contributed by atoms with E-state index in [-0.39, 0.29) is 17.7 Å². The summed E-state index contributed by atoms with van der Waals surface area (Å²) in [5.74, 6) is -0.843. The average Bonchev–Trinajstić information content (AvgIpc) is 3.16. The summed E-state index contributed by atoms with van der Waals surface area (Å²) < 4.78 is 0. The molecule has 0 unspecified atom stereocenters. The zero-order chi connectivity index (χ0) is 18.8. The first-order valence-corrected chi connectivity index (χ1v) is 9.38. The highest BCUT2D eigenvalue weighted by Gasteiger charge is 2.22. The van der Waals surface area contributed by atoms with Crippen LogP contribution in [0, 0.1) is 0 Å². The molecule has 6 nitrogen and oxygen atoms in total. The minimum atomic E-state index is -0.664. The largest absolute Gasteiger partial charge is 0.370 e. The Hall–Kier alpha value is -2.67. The SMILES string of the molecule is NC(=O)CCCCNC(=O)[C@H](Cc1ccccc1)NC(=O)c1cccs1. The molecule has 1 aromatic carbocycles. The summed E-state index contributed by atoms with van der Waals surface area (Å²) in [6, 6.07) is 12.4. The third-order valence-electron chi connectivity index (χ3n) is 3.80. The van der Waals surface area contributed by atoms with E-state index in [2.05, 4.69) is 10.6 Å². The maximum Gasteiger partial charge on any atom is 0.262 e. The summed E-state index contributed by atoms with van der Waals surface area (Å²) in [7, 11) is 0. The number of carbonyl (C=O) groups excluding carboxylic acids is 3. The van der Waals surface area contributed by atoms with Gasteiger partial charge in [-0.1, -0.05) is 36.4 Å². The molecule has 0 saturated heterocycles. The molecule has 1 aromatic heterocycles. The van der Waals surface area contributed by atoms with Gasteiger partial charge in [0, 0.05) is 19.4 Å². The number of rotatable bonds is 10. The van der Waals surface area contributed by atoms with Crippen LogP contribution < -0.4 is 16.4 Å². The van der Waals surface area contributed by atoms with E-state index in [1.54, 1.807) is 12.1 Å². The molecule has 0 aliphatic heterocycles.